The maximum Gasteiger partial charge on any atom is 0.345 e. The van der Waals surface area contributed by atoms with Crippen molar-refractivity contribution in [3.05, 3.63) is 70.3 Å². The third-order valence-corrected chi connectivity index (χ3v) is 3.38. The summed E-state index contributed by atoms with van der Waals surface area (Å²) in [6.45, 7) is 1.59. The molecule has 0 aliphatic heterocycles. The molecule has 3 rings (SSSR count). The molecule has 7 nitrogen and oxygen atoms in total. The number of fused-ring (bicyclic) bond motifs is 1. The van der Waals surface area contributed by atoms with Crippen LogP contribution >= 0.6 is 0 Å². The number of pyridine rings is 1. The van der Waals surface area contributed by atoms with Crippen LogP contribution in [0.1, 0.15) is 22.8 Å². The van der Waals surface area contributed by atoms with E-state index in [1.165, 1.54) is 24.5 Å². The van der Waals surface area contributed by atoms with Gasteiger partial charge in [0.05, 0.1) is 11.3 Å². The molecular formula is C17H13N3O4. The Labute approximate surface area is 136 Å². The lowest BCUT2D eigenvalue weighted by atomic mass is 10.1. The number of aromatic hydroxyl groups is 1. The summed E-state index contributed by atoms with van der Waals surface area (Å²) < 4.78 is 5.17. The summed E-state index contributed by atoms with van der Waals surface area (Å²) in [7, 11) is 0. The molecule has 0 radical (unpaired) electrons. The highest BCUT2D eigenvalue weighted by atomic mass is 16.4. The highest BCUT2D eigenvalue weighted by Crippen LogP contribution is 2.19. The number of hydrazone groups is 1. The SMILES string of the molecule is C/C(=N\NC(=O)c1ccncc1)c1cc2ccc(O)cc2oc1=O. The molecule has 1 amide bonds. The van der Waals surface area contributed by atoms with E-state index in [-0.39, 0.29) is 16.9 Å². The van der Waals surface area contributed by atoms with Crippen molar-refractivity contribution in [1.82, 2.24) is 10.4 Å². The molecule has 0 fully saturated rings. The van der Waals surface area contributed by atoms with Crippen LogP contribution in [0, 0.1) is 0 Å². The zero-order valence-corrected chi connectivity index (χ0v) is 12.7. The zero-order chi connectivity index (χ0) is 17.1. The summed E-state index contributed by atoms with van der Waals surface area (Å²) in [4.78, 5) is 27.8. The van der Waals surface area contributed by atoms with Gasteiger partial charge in [0.15, 0.2) is 0 Å². The molecule has 0 saturated carbocycles. The smallest absolute Gasteiger partial charge is 0.345 e. The molecule has 2 aromatic heterocycles. The number of aromatic nitrogens is 1. The van der Waals surface area contributed by atoms with Gasteiger partial charge in [0, 0.05) is 29.4 Å². The van der Waals surface area contributed by atoms with Crippen LogP contribution < -0.4 is 11.1 Å². The van der Waals surface area contributed by atoms with E-state index in [1.807, 2.05) is 0 Å². The summed E-state index contributed by atoms with van der Waals surface area (Å²) >= 11 is 0. The summed E-state index contributed by atoms with van der Waals surface area (Å²) in [6.07, 6.45) is 3.00. The van der Waals surface area contributed by atoms with Crippen LogP contribution in [-0.2, 0) is 0 Å². The van der Waals surface area contributed by atoms with Crippen LogP contribution in [0.4, 0.5) is 0 Å². The molecule has 3 aromatic rings. The molecule has 0 aliphatic rings. The second kappa shape index (κ2) is 6.33. The van der Waals surface area contributed by atoms with E-state index < -0.39 is 11.5 Å². The molecule has 1 aromatic carbocycles. The predicted molar refractivity (Wildman–Crippen MR) is 88.1 cm³/mol. The molecule has 0 atom stereocenters. The maximum absolute atomic E-state index is 12.1. The first kappa shape index (κ1) is 15.4. The highest BCUT2D eigenvalue weighted by molar-refractivity contribution is 6.02. The monoisotopic (exact) mass is 323 g/mol. The Bertz CT molecular complexity index is 994. The molecule has 2 heterocycles. The Morgan fingerprint density at radius 1 is 1.21 bits per heavy atom. The van der Waals surface area contributed by atoms with Gasteiger partial charge in [-0.1, -0.05) is 0 Å². The minimum Gasteiger partial charge on any atom is -0.508 e. The zero-order valence-electron chi connectivity index (χ0n) is 12.7. The second-order valence-electron chi connectivity index (χ2n) is 5.04. The predicted octanol–water partition coefficient (Wildman–Crippen LogP) is 2.05. The number of benzene rings is 1. The van der Waals surface area contributed by atoms with Crippen molar-refractivity contribution in [3.8, 4) is 5.75 Å². The number of amides is 1. The van der Waals surface area contributed by atoms with Gasteiger partial charge in [-0.25, -0.2) is 10.2 Å². The summed E-state index contributed by atoms with van der Waals surface area (Å²) in [5.74, 6) is -0.403. The lowest BCUT2D eigenvalue weighted by Gasteiger charge is -2.04. The van der Waals surface area contributed by atoms with Gasteiger partial charge in [-0.3, -0.25) is 9.78 Å². The molecule has 0 aliphatic carbocycles. The van der Waals surface area contributed by atoms with Crippen molar-refractivity contribution in [2.75, 3.05) is 0 Å². The van der Waals surface area contributed by atoms with Crippen LogP contribution in [0.15, 0.2) is 63.1 Å². The van der Waals surface area contributed by atoms with E-state index in [0.29, 0.717) is 16.7 Å². The molecule has 120 valence electrons. The van der Waals surface area contributed by atoms with Crippen LogP contribution in [0.2, 0.25) is 0 Å². The van der Waals surface area contributed by atoms with Gasteiger partial charge in [-0.2, -0.15) is 5.10 Å². The first-order valence-electron chi connectivity index (χ1n) is 7.06. The summed E-state index contributed by atoms with van der Waals surface area (Å²) in [5.41, 5.74) is 2.99. The Morgan fingerprint density at radius 2 is 1.96 bits per heavy atom. The quantitative estimate of drug-likeness (QED) is 0.436. The lowest BCUT2D eigenvalue weighted by Crippen LogP contribution is -2.21. The largest absolute Gasteiger partial charge is 0.508 e. The normalized spacial score (nSPS) is 11.5. The Hall–Kier alpha value is -3.48. The van der Waals surface area contributed by atoms with E-state index in [1.54, 1.807) is 31.2 Å². The average Bonchev–Trinajstić information content (AvgIpc) is 2.59. The van der Waals surface area contributed by atoms with Crippen molar-refractivity contribution in [2.45, 2.75) is 6.92 Å². The van der Waals surface area contributed by atoms with Crippen LogP contribution in [-0.4, -0.2) is 21.7 Å². The average molecular weight is 323 g/mol. The molecule has 2 N–H and O–H groups in total. The van der Waals surface area contributed by atoms with Gasteiger partial charge in [-0.05, 0) is 37.3 Å². The van der Waals surface area contributed by atoms with Gasteiger partial charge >= 0.3 is 5.63 Å². The summed E-state index contributed by atoms with van der Waals surface area (Å²) in [6, 6.07) is 9.17. The second-order valence-corrected chi connectivity index (χ2v) is 5.04. The maximum atomic E-state index is 12.1. The fourth-order valence-electron chi connectivity index (χ4n) is 2.11. The fraction of sp³-hybridized carbons (Fsp3) is 0.0588. The number of phenols is 1. The van der Waals surface area contributed by atoms with E-state index in [4.69, 9.17) is 4.42 Å². The van der Waals surface area contributed by atoms with Crippen LogP contribution in [0.25, 0.3) is 11.0 Å². The standard InChI is InChI=1S/C17H13N3O4/c1-10(19-20-16(22)11-4-6-18-7-5-11)14-8-12-2-3-13(21)9-15(12)24-17(14)23/h2-9,21H,1H3,(H,20,22)/b19-10+. The molecule has 0 spiro atoms. The van der Waals surface area contributed by atoms with Crippen molar-refractivity contribution in [3.63, 3.8) is 0 Å². The highest BCUT2D eigenvalue weighted by Gasteiger charge is 2.10. The molecule has 0 bridgehead atoms. The van der Waals surface area contributed by atoms with Gasteiger partial charge < -0.3 is 9.52 Å². The minimum absolute atomic E-state index is 0.00778. The Morgan fingerprint density at radius 3 is 2.71 bits per heavy atom. The molecule has 0 unspecified atom stereocenters. The summed E-state index contributed by atoms with van der Waals surface area (Å²) in [5, 5.41) is 14.0. The van der Waals surface area contributed by atoms with Gasteiger partial charge in [-0.15, -0.1) is 0 Å². The number of carbonyl (C=O) groups excluding carboxylic acids is 1. The van der Waals surface area contributed by atoms with E-state index in [0.717, 1.165) is 0 Å². The van der Waals surface area contributed by atoms with Gasteiger partial charge in [0.1, 0.15) is 11.3 Å². The molecule has 24 heavy (non-hydrogen) atoms. The molecular weight excluding hydrogens is 310 g/mol. The van der Waals surface area contributed by atoms with Crippen molar-refractivity contribution in [1.29, 1.82) is 0 Å². The van der Waals surface area contributed by atoms with Crippen molar-refractivity contribution in [2.24, 2.45) is 5.10 Å². The number of hydrogen-bond acceptors (Lipinski definition) is 6. The molecule has 7 heteroatoms. The first-order valence-corrected chi connectivity index (χ1v) is 7.06. The number of nitrogens with zero attached hydrogens (tertiary/aromatic N) is 2. The number of nitrogens with one attached hydrogen (secondary N) is 1. The van der Waals surface area contributed by atoms with Crippen LogP contribution in [0.3, 0.4) is 0 Å². The number of rotatable bonds is 3. The van der Waals surface area contributed by atoms with Gasteiger partial charge in [0.2, 0.25) is 0 Å². The van der Waals surface area contributed by atoms with E-state index in [9.17, 15) is 14.7 Å². The minimum atomic E-state index is -0.604. The van der Waals surface area contributed by atoms with E-state index in [2.05, 4.69) is 15.5 Å². The molecule has 0 saturated heterocycles. The van der Waals surface area contributed by atoms with E-state index >= 15 is 0 Å². The third kappa shape index (κ3) is 3.14. The number of carbonyl (C=O) groups is 1. The number of phenolic OH excluding ortho intramolecular Hbond substituents is 1. The lowest BCUT2D eigenvalue weighted by molar-refractivity contribution is 0.0954. The fourth-order valence-corrected chi connectivity index (χ4v) is 2.11. The topological polar surface area (TPSA) is 105 Å². The third-order valence-electron chi connectivity index (χ3n) is 3.38. The Kier molecular flexibility index (Phi) is 4.07. The number of hydrogen-bond donors (Lipinski definition) is 2. The van der Waals surface area contributed by atoms with Crippen molar-refractivity contribution < 1.29 is 14.3 Å². The van der Waals surface area contributed by atoms with Crippen LogP contribution in [0.5, 0.6) is 5.75 Å². The first-order chi connectivity index (χ1) is 11.5. The van der Waals surface area contributed by atoms with Crippen molar-refractivity contribution >= 4 is 22.6 Å². The Balaban J connectivity index is 1.89. The van der Waals surface area contributed by atoms with Gasteiger partial charge in [0.25, 0.3) is 5.91 Å².